The van der Waals surface area contributed by atoms with Crippen molar-refractivity contribution in [3.8, 4) is 0 Å². The van der Waals surface area contributed by atoms with Gasteiger partial charge >= 0.3 is 0 Å². The lowest BCUT2D eigenvalue weighted by molar-refractivity contribution is 0.0691. The number of hydrogen-bond donors (Lipinski definition) is 2. The zero-order valence-electron chi connectivity index (χ0n) is 10.9. The summed E-state index contributed by atoms with van der Waals surface area (Å²) in [4.78, 5) is 29.0. The van der Waals surface area contributed by atoms with Gasteiger partial charge in [-0.1, -0.05) is 0 Å². The van der Waals surface area contributed by atoms with Crippen LogP contribution in [-0.2, 0) is 0 Å². The molecule has 0 aromatic carbocycles. The van der Waals surface area contributed by atoms with E-state index >= 15 is 0 Å². The molecule has 1 aliphatic rings. The SMILES string of the molecule is CNC1CCCN(C(=O)c2ccc(C(N)=O)cn2)C1. The van der Waals surface area contributed by atoms with Crippen LogP contribution in [0.1, 0.15) is 33.7 Å². The molecule has 1 unspecified atom stereocenters. The molecule has 6 nitrogen and oxygen atoms in total. The normalized spacial score (nSPS) is 19.2. The zero-order chi connectivity index (χ0) is 13.8. The number of amides is 2. The van der Waals surface area contributed by atoms with Crippen molar-refractivity contribution in [3.63, 3.8) is 0 Å². The fraction of sp³-hybridized carbons (Fsp3) is 0.462. The first-order valence-electron chi connectivity index (χ1n) is 6.34. The highest BCUT2D eigenvalue weighted by Crippen LogP contribution is 2.13. The van der Waals surface area contributed by atoms with Gasteiger partial charge in [-0.25, -0.2) is 0 Å². The molecule has 3 N–H and O–H groups in total. The van der Waals surface area contributed by atoms with Gasteiger partial charge in [-0.2, -0.15) is 0 Å². The van der Waals surface area contributed by atoms with E-state index in [9.17, 15) is 9.59 Å². The number of likely N-dealkylation sites (N-methyl/N-ethyl adjacent to an activating group) is 1. The van der Waals surface area contributed by atoms with Gasteiger partial charge in [0.25, 0.3) is 5.91 Å². The summed E-state index contributed by atoms with van der Waals surface area (Å²) in [5, 5.41) is 3.19. The molecule has 1 atom stereocenters. The smallest absolute Gasteiger partial charge is 0.272 e. The van der Waals surface area contributed by atoms with Crippen LogP contribution in [0.25, 0.3) is 0 Å². The van der Waals surface area contributed by atoms with Crippen molar-refractivity contribution in [1.29, 1.82) is 0 Å². The number of carbonyl (C=O) groups is 2. The lowest BCUT2D eigenvalue weighted by Crippen LogP contribution is -2.47. The largest absolute Gasteiger partial charge is 0.366 e. The summed E-state index contributed by atoms with van der Waals surface area (Å²) in [5.41, 5.74) is 5.79. The predicted octanol–water partition coefficient (Wildman–Crippen LogP) is 0.00450. The van der Waals surface area contributed by atoms with Crippen molar-refractivity contribution < 1.29 is 9.59 Å². The van der Waals surface area contributed by atoms with Gasteiger partial charge < -0.3 is 16.0 Å². The number of pyridine rings is 1. The monoisotopic (exact) mass is 262 g/mol. The Morgan fingerprint density at radius 1 is 1.47 bits per heavy atom. The minimum Gasteiger partial charge on any atom is -0.366 e. The number of hydrogen-bond acceptors (Lipinski definition) is 4. The summed E-state index contributed by atoms with van der Waals surface area (Å²) < 4.78 is 0. The van der Waals surface area contributed by atoms with Crippen LogP contribution in [0.5, 0.6) is 0 Å². The minimum atomic E-state index is -0.542. The Bertz CT molecular complexity index is 472. The number of nitrogens with two attached hydrogens (primary N) is 1. The van der Waals surface area contributed by atoms with Crippen LogP contribution in [-0.4, -0.2) is 47.9 Å². The first-order valence-corrected chi connectivity index (χ1v) is 6.34. The number of nitrogens with zero attached hydrogens (tertiary/aromatic N) is 2. The first kappa shape index (κ1) is 13.5. The molecule has 102 valence electrons. The number of primary amides is 1. The lowest BCUT2D eigenvalue weighted by atomic mass is 10.1. The van der Waals surface area contributed by atoms with Crippen molar-refractivity contribution in [2.45, 2.75) is 18.9 Å². The van der Waals surface area contributed by atoms with E-state index in [1.54, 1.807) is 11.0 Å². The Morgan fingerprint density at radius 2 is 2.26 bits per heavy atom. The van der Waals surface area contributed by atoms with Gasteiger partial charge in [0.05, 0.1) is 5.56 Å². The number of nitrogens with one attached hydrogen (secondary N) is 1. The molecule has 0 radical (unpaired) electrons. The van der Waals surface area contributed by atoms with E-state index in [0.29, 0.717) is 23.8 Å². The maximum Gasteiger partial charge on any atom is 0.272 e. The summed E-state index contributed by atoms with van der Waals surface area (Å²) in [6, 6.07) is 3.41. The maximum absolute atomic E-state index is 12.3. The molecule has 1 aliphatic heterocycles. The van der Waals surface area contributed by atoms with Crippen LogP contribution < -0.4 is 11.1 Å². The Balaban J connectivity index is 2.08. The molecule has 1 aromatic heterocycles. The maximum atomic E-state index is 12.3. The van der Waals surface area contributed by atoms with Crippen molar-refractivity contribution in [3.05, 3.63) is 29.6 Å². The van der Waals surface area contributed by atoms with Gasteiger partial charge in [0.2, 0.25) is 5.91 Å². The van der Waals surface area contributed by atoms with E-state index in [0.717, 1.165) is 19.4 Å². The summed E-state index contributed by atoms with van der Waals surface area (Å²) in [6.07, 6.45) is 3.40. The number of aromatic nitrogens is 1. The summed E-state index contributed by atoms with van der Waals surface area (Å²) in [7, 11) is 1.90. The topological polar surface area (TPSA) is 88.3 Å². The standard InChI is InChI=1S/C13H18N4O2/c1-15-10-3-2-6-17(8-10)13(19)11-5-4-9(7-16-11)12(14)18/h4-5,7,10,15H,2-3,6,8H2,1H3,(H2,14,18). The molecule has 2 amide bonds. The molecule has 1 fully saturated rings. The molecule has 19 heavy (non-hydrogen) atoms. The molecular formula is C13H18N4O2. The Morgan fingerprint density at radius 3 is 2.84 bits per heavy atom. The third-order valence-corrected chi connectivity index (χ3v) is 3.38. The van der Waals surface area contributed by atoms with Crippen LogP contribution in [0.4, 0.5) is 0 Å². The minimum absolute atomic E-state index is 0.101. The molecular weight excluding hydrogens is 244 g/mol. The molecule has 0 aliphatic carbocycles. The molecule has 0 spiro atoms. The Kier molecular flexibility index (Phi) is 4.11. The van der Waals surface area contributed by atoms with E-state index in [4.69, 9.17) is 5.73 Å². The first-order chi connectivity index (χ1) is 9.11. The van der Waals surface area contributed by atoms with E-state index in [2.05, 4.69) is 10.3 Å². The summed E-state index contributed by atoms with van der Waals surface area (Å²) in [5.74, 6) is -0.643. The van der Waals surface area contributed by atoms with Crippen LogP contribution in [0.15, 0.2) is 18.3 Å². The third kappa shape index (κ3) is 3.08. The quantitative estimate of drug-likeness (QED) is 0.803. The average Bonchev–Trinajstić information content (AvgIpc) is 2.46. The second kappa shape index (κ2) is 5.79. The molecule has 1 aromatic rings. The fourth-order valence-corrected chi connectivity index (χ4v) is 2.23. The summed E-state index contributed by atoms with van der Waals surface area (Å²) >= 11 is 0. The van der Waals surface area contributed by atoms with Crippen LogP contribution in [0.3, 0.4) is 0 Å². The van der Waals surface area contributed by atoms with Crippen molar-refractivity contribution in [2.24, 2.45) is 5.73 Å². The van der Waals surface area contributed by atoms with Gasteiger partial charge in [-0.3, -0.25) is 14.6 Å². The highest BCUT2D eigenvalue weighted by Gasteiger charge is 2.24. The van der Waals surface area contributed by atoms with Crippen LogP contribution >= 0.6 is 0 Å². The number of piperidine rings is 1. The molecule has 6 heteroatoms. The van der Waals surface area contributed by atoms with E-state index in [-0.39, 0.29) is 5.91 Å². The lowest BCUT2D eigenvalue weighted by Gasteiger charge is -2.32. The fourth-order valence-electron chi connectivity index (χ4n) is 2.23. The average molecular weight is 262 g/mol. The number of carbonyl (C=O) groups excluding carboxylic acids is 2. The summed E-state index contributed by atoms with van der Waals surface area (Å²) in [6.45, 7) is 1.44. The van der Waals surface area contributed by atoms with E-state index in [1.165, 1.54) is 12.3 Å². The van der Waals surface area contributed by atoms with Gasteiger partial charge in [0, 0.05) is 25.3 Å². The molecule has 2 heterocycles. The van der Waals surface area contributed by atoms with E-state index < -0.39 is 5.91 Å². The van der Waals surface area contributed by atoms with Gasteiger partial charge in [-0.15, -0.1) is 0 Å². The molecule has 2 rings (SSSR count). The van der Waals surface area contributed by atoms with Crippen molar-refractivity contribution in [2.75, 3.05) is 20.1 Å². The predicted molar refractivity (Wildman–Crippen MR) is 70.7 cm³/mol. The second-order valence-corrected chi connectivity index (χ2v) is 4.68. The number of likely N-dealkylation sites (tertiary alicyclic amines) is 1. The Hall–Kier alpha value is -1.95. The molecule has 0 saturated carbocycles. The van der Waals surface area contributed by atoms with Gasteiger partial charge in [-0.05, 0) is 32.0 Å². The molecule has 1 saturated heterocycles. The third-order valence-electron chi connectivity index (χ3n) is 3.38. The van der Waals surface area contributed by atoms with Crippen LogP contribution in [0.2, 0.25) is 0 Å². The van der Waals surface area contributed by atoms with Crippen molar-refractivity contribution in [1.82, 2.24) is 15.2 Å². The Labute approximate surface area is 112 Å². The van der Waals surface area contributed by atoms with Crippen LogP contribution in [0, 0.1) is 0 Å². The second-order valence-electron chi connectivity index (χ2n) is 4.68. The van der Waals surface area contributed by atoms with Gasteiger partial charge in [0.15, 0.2) is 0 Å². The molecule has 0 bridgehead atoms. The number of rotatable bonds is 3. The van der Waals surface area contributed by atoms with E-state index in [1.807, 2.05) is 7.05 Å². The highest BCUT2D eigenvalue weighted by molar-refractivity contribution is 5.95. The zero-order valence-corrected chi connectivity index (χ0v) is 10.9. The highest BCUT2D eigenvalue weighted by atomic mass is 16.2. The van der Waals surface area contributed by atoms with Crippen molar-refractivity contribution >= 4 is 11.8 Å². The van der Waals surface area contributed by atoms with Gasteiger partial charge in [0.1, 0.15) is 5.69 Å².